The molecule has 58 valence electrons. The zero-order valence-electron chi connectivity index (χ0n) is 6.72. The first-order valence-electron chi connectivity index (χ1n) is 3.19. The zero-order chi connectivity index (χ0) is 7.98. The lowest BCUT2D eigenvalue weighted by molar-refractivity contribution is 0.293. The second-order valence-electron chi connectivity index (χ2n) is 2.15. The lowest BCUT2D eigenvalue weighted by Crippen LogP contribution is -1.83. The van der Waals surface area contributed by atoms with Gasteiger partial charge in [0, 0.05) is 0 Å². The summed E-state index contributed by atoms with van der Waals surface area (Å²) >= 11 is 0. The smallest absolute Gasteiger partial charge is 0.0924 e. The van der Waals surface area contributed by atoms with Crippen LogP contribution >= 0.6 is 0 Å². The van der Waals surface area contributed by atoms with E-state index in [0.717, 1.165) is 11.3 Å². The van der Waals surface area contributed by atoms with Crippen LogP contribution in [-0.4, -0.2) is 18.8 Å². The summed E-state index contributed by atoms with van der Waals surface area (Å²) in [6.45, 7) is 3.83. The van der Waals surface area contributed by atoms with Gasteiger partial charge in [-0.3, -0.25) is 0 Å². The Balaban J connectivity index is 3.91. The molecule has 2 nitrogen and oxygen atoms in total. The van der Waals surface area contributed by atoms with Crippen molar-refractivity contribution >= 4 is 0 Å². The summed E-state index contributed by atoms with van der Waals surface area (Å²) in [7, 11) is 1.62. The molecule has 0 radical (unpaired) electrons. The number of hydrogen-bond acceptors (Lipinski definition) is 2. The van der Waals surface area contributed by atoms with E-state index in [-0.39, 0.29) is 6.61 Å². The molecule has 0 saturated carbocycles. The third-order valence-electron chi connectivity index (χ3n) is 1.17. The van der Waals surface area contributed by atoms with Crippen LogP contribution in [0.15, 0.2) is 23.5 Å². The first-order chi connectivity index (χ1) is 4.70. The summed E-state index contributed by atoms with van der Waals surface area (Å²) in [6.07, 6.45) is 3.66. The number of aliphatic hydroxyl groups excluding tert-OH is 1. The van der Waals surface area contributed by atoms with Gasteiger partial charge in [0.25, 0.3) is 0 Å². The predicted octanol–water partition coefficient (Wildman–Crippen LogP) is 1.48. The van der Waals surface area contributed by atoms with Crippen LogP contribution in [0.1, 0.15) is 13.8 Å². The quantitative estimate of drug-likeness (QED) is 0.477. The van der Waals surface area contributed by atoms with E-state index in [2.05, 4.69) is 0 Å². The molecule has 0 fully saturated rings. The van der Waals surface area contributed by atoms with E-state index in [1.165, 1.54) is 0 Å². The van der Waals surface area contributed by atoms with Crippen LogP contribution in [0.4, 0.5) is 0 Å². The van der Waals surface area contributed by atoms with Gasteiger partial charge in [-0.2, -0.15) is 0 Å². The van der Waals surface area contributed by atoms with Gasteiger partial charge in [0.15, 0.2) is 0 Å². The Kier molecular flexibility index (Phi) is 4.67. The molecular formula is C8H14O2. The van der Waals surface area contributed by atoms with Crippen LogP contribution < -0.4 is 0 Å². The molecule has 0 spiro atoms. The number of ether oxygens (including phenoxy) is 1. The topological polar surface area (TPSA) is 29.5 Å². The van der Waals surface area contributed by atoms with E-state index in [1.54, 1.807) is 7.11 Å². The predicted molar refractivity (Wildman–Crippen MR) is 41.6 cm³/mol. The van der Waals surface area contributed by atoms with Crippen molar-refractivity contribution in [2.24, 2.45) is 0 Å². The monoisotopic (exact) mass is 142 g/mol. The van der Waals surface area contributed by atoms with Gasteiger partial charge in [-0.1, -0.05) is 6.08 Å². The van der Waals surface area contributed by atoms with Crippen molar-refractivity contribution in [1.82, 2.24) is 0 Å². The fraction of sp³-hybridized carbons (Fsp3) is 0.500. The van der Waals surface area contributed by atoms with Crippen molar-refractivity contribution in [3.8, 4) is 0 Å². The Bertz CT molecular complexity index is 127. The molecule has 0 aliphatic rings. The van der Waals surface area contributed by atoms with Crippen molar-refractivity contribution in [2.75, 3.05) is 13.7 Å². The Morgan fingerprint density at radius 3 is 2.40 bits per heavy atom. The van der Waals surface area contributed by atoms with Gasteiger partial charge in [0.1, 0.15) is 0 Å². The van der Waals surface area contributed by atoms with Gasteiger partial charge in [0.05, 0.1) is 19.5 Å². The minimum Gasteiger partial charge on any atom is -0.501 e. The van der Waals surface area contributed by atoms with Crippen LogP contribution in [0, 0.1) is 0 Å². The van der Waals surface area contributed by atoms with Crippen LogP contribution in [0.3, 0.4) is 0 Å². The molecular weight excluding hydrogens is 128 g/mol. The molecule has 0 amide bonds. The largest absolute Gasteiger partial charge is 0.501 e. The van der Waals surface area contributed by atoms with Gasteiger partial charge in [-0.15, -0.1) is 0 Å². The number of hydrogen-bond donors (Lipinski definition) is 1. The molecule has 1 N–H and O–H groups in total. The Hall–Kier alpha value is -0.760. The number of methoxy groups -OCH3 is 1. The first-order valence-corrected chi connectivity index (χ1v) is 3.19. The minimum atomic E-state index is 0.105. The van der Waals surface area contributed by atoms with Crippen molar-refractivity contribution in [1.29, 1.82) is 0 Å². The molecule has 10 heavy (non-hydrogen) atoms. The number of rotatable bonds is 3. The third kappa shape index (κ3) is 4.15. The summed E-state index contributed by atoms with van der Waals surface area (Å²) in [5, 5.41) is 8.58. The van der Waals surface area contributed by atoms with Crippen molar-refractivity contribution in [3.05, 3.63) is 23.5 Å². The highest BCUT2D eigenvalue weighted by Gasteiger charge is 1.82. The maximum Gasteiger partial charge on any atom is 0.0924 e. The van der Waals surface area contributed by atoms with E-state index in [9.17, 15) is 0 Å². The van der Waals surface area contributed by atoms with Gasteiger partial charge in [-0.25, -0.2) is 0 Å². The Morgan fingerprint density at radius 1 is 1.40 bits per heavy atom. The molecule has 0 aliphatic heterocycles. The zero-order valence-corrected chi connectivity index (χ0v) is 6.72. The van der Waals surface area contributed by atoms with Crippen molar-refractivity contribution < 1.29 is 9.84 Å². The van der Waals surface area contributed by atoms with E-state index >= 15 is 0 Å². The van der Waals surface area contributed by atoms with Gasteiger partial charge in [-0.05, 0) is 25.5 Å². The third-order valence-corrected chi connectivity index (χ3v) is 1.17. The van der Waals surface area contributed by atoms with E-state index in [1.807, 2.05) is 26.0 Å². The normalized spacial score (nSPS) is 13.6. The summed E-state index contributed by atoms with van der Waals surface area (Å²) in [6, 6.07) is 0. The van der Waals surface area contributed by atoms with Crippen LogP contribution in [0.5, 0.6) is 0 Å². The van der Waals surface area contributed by atoms with E-state index in [4.69, 9.17) is 9.84 Å². The molecule has 0 aliphatic carbocycles. The molecule has 0 bridgehead atoms. The Morgan fingerprint density at radius 2 is 2.00 bits per heavy atom. The SMILES string of the molecule is COC(C)=CC=C(C)CO. The minimum absolute atomic E-state index is 0.105. The molecule has 0 saturated heterocycles. The summed E-state index contributed by atoms with van der Waals surface area (Å²) in [4.78, 5) is 0. The average Bonchev–Trinajstić information content (AvgIpc) is 1.99. The van der Waals surface area contributed by atoms with Crippen molar-refractivity contribution in [3.63, 3.8) is 0 Å². The second-order valence-corrected chi connectivity index (χ2v) is 2.15. The van der Waals surface area contributed by atoms with E-state index < -0.39 is 0 Å². The fourth-order valence-corrected chi connectivity index (χ4v) is 0.380. The lowest BCUT2D eigenvalue weighted by Gasteiger charge is -1.95. The maximum absolute atomic E-state index is 8.58. The highest BCUT2D eigenvalue weighted by atomic mass is 16.5. The standard InChI is InChI=1S/C8H14O2/c1-7(6-9)4-5-8(2)10-3/h4-5,9H,6H2,1-3H3. The molecule has 0 aromatic carbocycles. The van der Waals surface area contributed by atoms with E-state index in [0.29, 0.717) is 0 Å². The highest BCUT2D eigenvalue weighted by Crippen LogP contribution is 1.96. The van der Waals surface area contributed by atoms with Crippen LogP contribution in [0.2, 0.25) is 0 Å². The van der Waals surface area contributed by atoms with Gasteiger partial charge < -0.3 is 9.84 Å². The molecule has 0 heterocycles. The average molecular weight is 142 g/mol. The number of allylic oxidation sites excluding steroid dienone is 3. The van der Waals surface area contributed by atoms with Crippen LogP contribution in [0.25, 0.3) is 0 Å². The summed E-state index contributed by atoms with van der Waals surface area (Å²) < 4.78 is 4.88. The van der Waals surface area contributed by atoms with Gasteiger partial charge in [0.2, 0.25) is 0 Å². The molecule has 0 aromatic rings. The second kappa shape index (κ2) is 5.06. The highest BCUT2D eigenvalue weighted by molar-refractivity contribution is 5.12. The lowest BCUT2D eigenvalue weighted by atomic mass is 10.3. The molecule has 2 heteroatoms. The maximum atomic E-state index is 8.58. The number of aliphatic hydroxyl groups is 1. The fourth-order valence-electron chi connectivity index (χ4n) is 0.380. The van der Waals surface area contributed by atoms with Crippen LogP contribution in [-0.2, 0) is 4.74 Å². The Labute approximate surface area is 61.8 Å². The summed E-state index contributed by atoms with van der Waals surface area (Å²) in [5.41, 5.74) is 0.927. The molecule has 0 atom stereocenters. The molecule has 0 rings (SSSR count). The van der Waals surface area contributed by atoms with Gasteiger partial charge >= 0.3 is 0 Å². The molecule has 0 unspecified atom stereocenters. The first kappa shape index (κ1) is 9.24. The summed E-state index contributed by atoms with van der Waals surface area (Å²) in [5.74, 6) is 0.841. The van der Waals surface area contributed by atoms with Crippen molar-refractivity contribution in [2.45, 2.75) is 13.8 Å². The molecule has 0 aromatic heterocycles.